The first kappa shape index (κ1) is 58.2. The van der Waals surface area contributed by atoms with Crippen LogP contribution in [0.15, 0.2) is 376 Å². The van der Waals surface area contributed by atoms with Crippen molar-refractivity contribution in [1.29, 1.82) is 0 Å². The first-order valence-electron chi connectivity index (χ1n) is 34.1. The normalized spacial score (nSPS) is 13.0. The molecule has 0 unspecified atom stereocenters. The SMILES string of the molecule is Cc1cc(-c2ccc(N(c3ccc4c(c3)C(c3ccccc3)(c3ccccc3)c3ccccc3-4)c3ccccc3-c3ccc4ccccc4c3)c(C)c2)ccc1N(c1ccc2c(c1)C(c1ccccc1)(c1ccccc1)c1ccccc1-2)c1ccccc1-c1ccc2ccccc2c1. The molecule has 0 aromatic heterocycles. The van der Waals surface area contributed by atoms with E-state index < -0.39 is 10.8 Å². The molecule has 0 N–H and O–H groups in total. The van der Waals surface area contributed by atoms with Crippen LogP contribution in [-0.2, 0) is 10.8 Å². The van der Waals surface area contributed by atoms with E-state index in [-0.39, 0.29) is 0 Å². The molecule has 0 bridgehead atoms. The molecule has 0 radical (unpaired) electrons. The summed E-state index contributed by atoms with van der Waals surface area (Å²) >= 11 is 0. The maximum atomic E-state index is 2.52. The Bertz CT molecular complexity index is 5300. The molecule has 0 amide bonds. The molecule has 2 nitrogen and oxygen atoms in total. The van der Waals surface area contributed by atoms with Gasteiger partial charge in [-0.05, 0) is 208 Å². The van der Waals surface area contributed by atoms with E-state index in [2.05, 4.69) is 400 Å². The standard InChI is InChI=1S/C96H68N2/c1-65-59-71(51-57-91(65)97(93-45-25-21-39-81(93)73-49-47-67-27-15-17-29-69(67)61-73)79-53-55-85-83-41-19-23-43-87(83)95(89(85)63-79,75-31-7-3-8-32-75)76-33-9-4-10-34-76)72-52-58-92(66(2)60-72)98(94-46-26-22-40-82(94)74-50-48-68-28-16-18-30-70(68)62-74)80-54-56-86-84-42-20-24-44-88(84)96(90(86)64-80,77-35-11-5-12-36-77)78-37-13-6-14-38-78/h3-64H,1-2H3. The van der Waals surface area contributed by atoms with Gasteiger partial charge in [-0.25, -0.2) is 0 Å². The van der Waals surface area contributed by atoms with E-state index >= 15 is 0 Å². The maximum absolute atomic E-state index is 2.52. The molecular formula is C96H68N2. The summed E-state index contributed by atoms with van der Waals surface area (Å²) in [7, 11) is 0. The molecule has 2 heteroatoms. The second-order valence-electron chi connectivity index (χ2n) is 26.3. The van der Waals surface area contributed by atoms with Crippen LogP contribution in [0.1, 0.15) is 55.6 Å². The van der Waals surface area contributed by atoms with E-state index in [1.165, 1.54) is 88.3 Å². The van der Waals surface area contributed by atoms with Crippen LogP contribution < -0.4 is 9.80 Å². The fourth-order valence-electron chi connectivity index (χ4n) is 16.7. The van der Waals surface area contributed by atoms with Crippen molar-refractivity contribution < 1.29 is 0 Å². The van der Waals surface area contributed by atoms with Crippen molar-refractivity contribution in [3.8, 4) is 55.6 Å². The lowest BCUT2D eigenvalue weighted by molar-refractivity contribution is 0.768. The summed E-state index contributed by atoms with van der Waals surface area (Å²) in [4.78, 5) is 5.04. The number of rotatable bonds is 13. The molecule has 0 saturated heterocycles. The van der Waals surface area contributed by atoms with Gasteiger partial charge in [0.05, 0.1) is 22.2 Å². The Balaban J connectivity index is 0.803. The number of para-hydroxylation sites is 2. The fraction of sp³-hybridized carbons (Fsp3) is 0.0417. The summed E-state index contributed by atoms with van der Waals surface area (Å²) in [6.07, 6.45) is 0. The Morgan fingerprint density at radius 3 is 0.878 bits per heavy atom. The molecule has 462 valence electrons. The first-order chi connectivity index (χ1) is 48.4. The van der Waals surface area contributed by atoms with Crippen LogP contribution in [0.5, 0.6) is 0 Å². The third-order valence-corrected chi connectivity index (χ3v) is 21.0. The largest absolute Gasteiger partial charge is 0.310 e. The van der Waals surface area contributed by atoms with Gasteiger partial charge in [0.2, 0.25) is 0 Å². The van der Waals surface area contributed by atoms with Gasteiger partial charge in [0.1, 0.15) is 0 Å². The van der Waals surface area contributed by atoms with Gasteiger partial charge in [-0.3, -0.25) is 0 Å². The van der Waals surface area contributed by atoms with Crippen LogP contribution in [0.2, 0.25) is 0 Å². The lowest BCUT2D eigenvalue weighted by Crippen LogP contribution is -2.28. The molecule has 0 spiro atoms. The number of aryl methyl sites for hydroxylation is 2. The van der Waals surface area contributed by atoms with Crippen LogP contribution in [0.3, 0.4) is 0 Å². The molecule has 18 rings (SSSR count). The van der Waals surface area contributed by atoms with Crippen LogP contribution in [0.25, 0.3) is 77.2 Å². The zero-order chi connectivity index (χ0) is 65.3. The number of hydrogen-bond acceptors (Lipinski definition) is 2. The van der Waals surface area contributed by atoms with E-state index in [1.807, 2.05) is 0 Å². The lowest BCUT2D eigenvalue weighted by atomic mass is 9.67. The summed E-state index contributed by atoms with van der Waals surface area (Å²) in [5, 5.41) is 4.86. The highest BCUT2D eigenvalue weighted by Gasteiger charge is 2.48. The number of fused-ring (bicyclic) bond motifs is 8. The first-order valence-corrected chi connectivity index (χ1v) is 34.1. The molecule has 0 fully saturated rings. The van der Waals surface area contributed by atoms with Gasteiger partial charge in [-0.2, -0.15) is 0 Å². The Morgan fingerprint density at radius 2 is 0.500 bits per heavy atom. The lowest BCUT2D eigenvalue weighted by Gasteiger charge is -2.35. The van der Waals surface area contributed by atoms with Gasteiger partial charge in [0.15, 0.2) is 0 Å². The van der Waals surface area contributed by atoms with Gasteiger partial charge >= 0.3 is 0 Å². The molecule has 16 aromatic carbocycles. The predicted octanol–water partition coefficient (Wildman–Crippen LogP) is 25.3. The van der Waals surface area contributed by atoms with Crippen molar-refractivity contribution in [2.45, 2.75) is 24.7 Å². The second-order valence-corrected chi connectivity index (χ2v) is 26.3. The smallest absolute Gasteiger partial charge is 0.0714 e. The molecule has 0 saturated carbocycles. The number of hydrogen-bond donors (Lipinski definition) is 0. The summed E-state index contributed by atoms with van der Waals surface area (Å²) in [5.41, 5.74) is 29.7. The van der Waals surface area contributed by atoms with E-state index in [1.54, 1.807) is 0 Å². The average Bonchev–Trinajstić information content (AvgIpc) is 1.54. The Hall–Kier alpha value is -12.4. The fourth-order valence-corrected chi connectivity index (χ4v) is 16.7. The van der Waals surface area contributed by atoms with Gasteiger partial charge in [-0.1, -0.05) is 303 Å². The molecule has 0 heterocycles. The van der Waals surface area contributed by atoms with Crippen molar-refractivity contribution in [1.82, 2.24) is 0 Å². The topological polar surface area (TPSA) is 6.48 Å². The molecule has 0 aliphatic heterocycles. The zero-order valence-electron chi connectivity index (χ0n) is 54.7. The minimum atomic E-state index is -0.577. The van der Waals surface area contributed by atoms with E-state index in [9.17, 15) is 0 Å². The zero-order valence-corrected chi connectivity index (χ0v) is 54.7. The highest BCUT2D eigenvalue weighted by molar-refractivity contribution is 5.99. The van der Waals surface area contributed by atoms with Crippen molar-refractivity contribution >= 4 is 55.7 Å². The van der Waals surface area contributed by atoms with Gasteiger partial charge in [0.25, 0.3) is 0 Å². The van der Waals surface area contributed by atoms with Crippen LogP contribution >= 0.6 is 0 Å². The second kappa shape index (κ2) is 23.8. The minimum absolute atomic E-state index is 0.577. The molecular weight excluding hydrogens is 1180 g/mol. The Morgan fingerprint density at radius 1 is 0.194 bits per heavy atom. The van der Waals surface area contributed by atoms with Crippen molar-refractivity contribution in [2.75, 3.05) is 9.80 Å². The third kappa shape index (κ3) is 9.31. The molecule has 98 heavy (non-hydrogen) atoms. The minimum Gasteiger partial charge on any atom is -0.310 e. The number of benzene rings is 16. The molecule has 2 aliphatic rings. The highest BCUT2D eigenvalue weighted by atomic mass is 15.2. The highest BCUT2D eigenvalue weighted by Crippen LogP contribution is 2.60. The maximum Gasteiger partial charge on any atom is 0.0714 e. The van der Waals surface area contributed by atoms with Gasteiger partial charge in [-0.15, -0.1) is 0 Å². The van der Waals surface area contributed by atoms with E-state index in [4.69, 9.17) is 0 Å². The van der Waals surface area contributed by atoms with Crippen LogP contribution in [-0.4, -0.2) is 0 Å². The van der Waals surface area contributed by atoms with Gasteiger partial charge in [0, 0.05) is 33.9 Å². The molecule has 0 atom stereocenters. The summed E-state index contributed by atoms with van der Waals surface area (Å²) in [5.74, 6) is 0. The average molecular weight is 1250 g/mol. The summed E-state index contributed by atoms with van der Waals surface area (Å²) in [6.45, 7) is 4.57. The predicted molar refractivity (Wildman–Crippen MR) is 411 cm³/mol. The monoisotopic (exact) mass is 1250 g/mol. The molecule has 16 aromatic rings. The quantitative estimate of drug-likeness (QED) is 0.114. The number of anilines is 6. The van der Waals surface area contributed by atoms with Crippen LogP contribution in [0, 0.1) is 13.8 Å². The summed E-state index contributed by atoms with van der Waals surface area (Å²) < 4.78 is 0. The Kier molecular flexibility index (Phi) is 14.2. The van der Waals surface area contributed by atoms with Crippen molar-refractivity contribution in [2.24, 2.45) is 0 Å². The summed E-state index contributed by atoms with van der Waals surface area (Å²) in [6, 6.07) is 140. The molecule has 2 aliphatic carbocycles. The van der Waals surface area contributed by atoms with Crippen molar-refractivity contribution in [3.63, 3.8) is 0 Å². The van der Waals surface area contributed by atoms with Gasteiger partial charge < -0.3 is 9.80 Å². The Labute approximate surface area is 574 Å². The van der Waals surface area contributed by atoms with E-state index in [0.29, 0.717) is 0 Å². The van der Waals surface area contributed by atoms with Crippen molar-refractivity contribution in [3.05, 3.63) is 432 Å². The number of nitrogens with zero attached hydrogens (tertiary/aromatic N) is 2. The van der Waals surface area contributed by atoms with E-state index in [0.717, 1.165) is 78.6 Å². The third-order valence-electron chi connectivity index (χ3n) is 21.0. The van der Waals surface area contributed by atoms with Crippen LogP contribution in [0.4, 0.5) is 34.1 Å².